The molecule has 1 saturated heterocycles. The highest BCUT2D eigenvalue weighted by Gasteiger charge is 2.22. The van der Waals surface area contributed by atoms with Crippen molar-refractivity contribution in [2.75, 3.05) is 13.2 Å². The Balaban J connectivity index is 2.68. The monoisotopic (exact) mass is 211 g/mol. The van der Waals surface area contributed by atoms with E-state index in [4.69, 9.17) is 15.9 Å². The van der Waals surface area contributed by atoms with E-state index in [0.29, 0.717) is 6.04 Å². The van der Waals surface area contributed by atoms with E-state index in [-0.39, 0.29) is 11.3 Å². The van der Waals surface area contributed by atoms with Gasteiger partial charge in [0.15, 0.2) is 0 Å². The molecule has 1 fully saturated rings. The molecule has 4 N–H and O–H groups in total. The first-order valence-electron chi connectivity index (χ1n) is 5.30. The van der Waals surface area contributed by atoms with Crippen LogP contribution in [0.25, 0.3) is 0 Å². The molecule has 0 aromatic carbocycles. The van der Waals surface area contributed by atoms with Crippen LogP contribution in [0.2, 0.25) is 0 Å². The minimum atomic E-state index is -0.0196. The van der Waals surface area contributed by atoms with Gasteiger partial charge in [-0.25, -0.2) is 0 Å². The molecule has 0 aliphatic carbocycles. The van der Waals surface area contributed by atoms with Crippen LogP contribution in [0.5, 0.6) is 0 Å². The predicted octanol–water partition coefficient (Wildman–Crippen LogP) is 1.23. The molecule has 1 rings (SSSR count). The van der Waals surface area contributed by atoms with Crippen molar-refractivity contribution < 1.29 is 4.74 Å². The number of nitrogens with one attached hydrogen (secondary N) is 2. The second kappa shape index (κ2) is 4.66. The van der Waals surface area contributed by atoms with E-state index in [1.807, 2.05) is 0 Å². The number of allylic oxidation sites excluding steroid dienone is 1. The molecule has 0 bridgehead atoms. The highest BCUT2D eigenvalue weighted by molar-refractivity contribution is 5.89. The maximum Gasteiger partial charge on any atom is 0.117 e. The third-order valence-electron chi connectivity index (χ3n) is 2.40. The van der Waals surface area contributed by atoms with Crippen LogP contribution in [-0.2, 0) is 4.74 Å². The molecule has 0 aromatic rings. The summed E-state index contributed by atoms with van der Waals surface area (Å²) in [6.07, 6.45) is 2.71. The normalized spacial score (nSPS) is 22.9. The van der Waals surface area contributed by atoms with Gasteiger partial charge in [-0.1, -0.05) is 20.8 Å². The fourth-order valence-corrected chi connectivity index (χ4v) is 1.50. The van der Waals surface area contributed by atoms with E-state index >= 15 is 0 Å². The van der Waals surface area contributed by atoms with E-state index in [1.165, 1.54) is 0 Å². The van der Waals surface area contributed by atoms with Gasteiger partial charge >= 0.3 is 0 Å². The number of nitrogens with two attached hydrogens (primary N) is 1. The molecule has 0 unspecified atom stereocenters. The van der Waals surface area contributed by atoms with Crippen molar-refractivity contribution in [1.29, 1.82) is 5.41 Å². The summed E-state index contributed by atoms with van der Waals surface area (Å²) >= 11 is 0. The highest BCUT2D eigenvalue weighted by Crippen LogP contribution is 2.24. The van der Waals surface area contributed by atoms with Gasteiger partial charge in [-0.2, -0.15) is 0 Å². The summed E-state index contributed by atoms with van der Waals surface area (Å²) in [4.78, 5) is 0. The summed E-state index contributed by atoms with van der Waals surface area (Å²) < 4.78 is 5.30. The third-order valence-corrected chi connectivity index (χ3v) is 2.40. The molecule has 1 heterocycles. The van der Waals surface area contributed by atoms with E-state index in [1.54, 1.807) is 6.08 Å². The van der Waals surface area contributed by atoms with Gasteiger partial charge in [-0.3, -0.25) is 5.41 Å². The summed E-state index contributed by atoms with van der Waals surface area (Å²) in [5.74, 6) is 0.0892. The smallest absolute Gasteiger partial charge is 0.117 e. The summed E-state index contributed by atoms with van der Waals surface area (Å²) in [5.41, 5.74) is 6.39. The van der Waals surface area contributed by atoms with Gasteiger partial charge in [-0.05, 0) is 12.5 Å². The van der Waals surface area contributed by atoms with Crippen LogP contribution in [-0.4, -0.2) is 25.1 Å². The van der Waals surface area contributed by atoms with Gasteiger partial charge in [0.1, 0.15) is 5.84 Å². The van der Waals surface area contributed by atoms with Crippen molar-refractivity contribution in [2.24, 2.45) is 11.1 Å². The van der Waals surface area contributed by atoms with Crippen molar-refractivity contribution in [3.8, 4) is 0 Å². The average Bonchev–Trinajstić information content (AvgIpc) is 2.53. The van der Waals surface area contributed by atoms with Crippen molar-refractivity contribution in [3.05, 3.63) is 11.8 Å². The standard InChI is InChI=1S/C11H21N3O/c1-11(2,3)9(6-10(12)13)14-8-4-5-15-7-8/h6,8,14H,4-5,7H2,1-3H3,(H3,12,13)/b9-6-/t8-/m1/s1. The minimum absolute atomic E-state index is 0.0196. The number of ether oxygens (including phenoxy) is 1. The predicted molar refractivity (Wildman–Crippen MR) is 61.8 cm³/mol. The van der Waals surface area contributed by atoms with Gasteiger partial charge in [-0.15, -0.1) is 0 Å². The zero-order valence-electron chi connectivity index (χ0n) is 9.76. The Labute approximate surface area is 91.4 Å². The Kier molecular flexibility index (Phi) is 3.74. The van der Waals surface area contributed by atoms with Crippen LogP contribution >= 0.6 is 0 Å². The summed E-state index contributed by atoms with van der Waals surface area (Å²) in [7, 11) is 0. The molecule has 0 spiro atoms. The lowest BCUT2D eigenvalue weighted by molar-refractivity contribution is 0.190. The minimum Gasteiger partial charge on any atom is -0.384 e. The van der Waals surface area contributed by atoms with Gasteiger partial charge in [0, 0.05) is 17.7 Å². The molecule has 0 radical (unpaired) electrons. The van der Waals surface area contributed by atoms with E-state index in [0.717, 1.165) is 25.3 Å². The molecule has 15 heavy (non-hydrogen) atoms. The maximum absolute atomic E-state index is 7.31. The second-order valence-electron chi connectivity index (χ2n) is 4.97. The molecule has 4 nitrogen and oxygen atoms in total. The number of hydrogen-bond acceptors (Lipinski definition) is 3. The van der Waals surface area contributed by atoms with Gasteiger partial charge in [0.2, 0.25) is 0 Å². The quantitative estimate of drug-likeness (QED) is 0.485. The van der Waals surface area contributed by atoms with Crippen LogP contribution in [0, 0.1) is 10.8 Å². The number of rotatable bonds is 3. The second-order valence-corrected chi connectivity index (χ2v) is 4.97. The molecular formula is C11H21N3O. The first-order valence-corrected chi connectivity index (χ1v) is 5.30. The fourth-order valence-electron chi connectivity index (χ4n) is 1.50. The van der Waals surface area contributed by atoms with Crippen LogP contribution in [0.3, 0.4) is 0 Å². The Morgan fingerprint density at radius 1 is 1.53 bits per heavy atom. The lowest BCUT2D eigenvalue weighted by atomic mass is 9.90. The van der Waals surface area contributed by atoms with Crippen LogP contribution in [0.4, 0.5) is 0 Å². The average molecular weight is 211 g/mol. The molecule has 1 aliphatic heterocycles. The highest BCUT2D eigenvalue weighted by atomic mass is 16.5. The first kappa shape index (κ1) is 12.0. The molecule has 0 saturated carbocycles. The van der Waals surface area contributed by atoms with Gasteiger partial charge in [0.05, 0.1) is 12.6 Å². The fraction of sp³-hybridized carbons (Fsp3) is 0.727. The summed E-state index contributed by atoms with van der Waals surface area (Å²) in [5, 5.41) is 10.7. The number of hydrogen-bond donors (Lipinski definition) is 3. The van der Waals surface area contributed by atoms with Crippen molar-refractivity contribution >= 4 is 5.84 Å². The molecule has 1 atom stereocenters. The van der Waals surface area contributed by atoms with Crippen LogP contribution in [0.15, 0.2) is 11.8 Å². The third kappa shape index (κ3) is 3.91. The Bertz CT molecular complexity index is 259. The molecule has 0 amide bonds. The van der Waals surface area contributed by atoms with Crippen molar-refractivity contribution in [3.63, 3.8) is 0 Å². The van der Waals surface area contributed by atoms with Crippen molar-refractivity contribution in [2.45, 2.75) is 33.2 Å². The Morgan fingerprint density at radius 2 is 2.20 bits per heavy atom. The molecule has 1 aliphatic rings. The molecule has 86 valence electrons. The topological polar surface area (TPSA) is 71.1 Å². The Hall–Kier alpha value is -1.03. The molecular weight excluding hydrogens is 190 g/mol. The SMILES string of the molecule is CC(C)(C)/C(=C/C(=N)N)N[C@@H]1CCOC1. The lowest BCUT2D eigenvalue weighted by Crippen LogP contribution is -2.35. The number of amidine groups is 1. The van der Waals surface area contributed by atoms with Gasteiger partial charge in [0.25, 0.3) is 0 Å². The van der Waals surface area contributed by atoms with E-state index in [9.17, 15) is 0 Å². The van der Waals surface area contributed by atoms with Crippen LogP contribution in [0.1, 0.15) is 27.2 Å². The van der Waals surface area contributed by atoms with E-state index < -0.39 is 0 Å². The van der Waals surface area contributed by atoms with Gasteiger partial charge < -0.3 is 15.8 Å². The molecule has 0 aromatic heterocycles. The van der Waals surface area contributed by atoms with Crippen LogP contribution < -0.4 is 11.1 Å². The first-order chi connectivity index (χ1) is 6.89. The summed E-state index contributed by atoms with van der Waals surface area (Å²) in [6.45, 7) is 7.86. The summed E-state index contributed by atoms with van der Waals surface area (Å²) in [6, 6.07) is 0.356. The molecule has 4 heteroatoms. The van der Waals surface area contributed by atoms with Crippen molar-refractivity contribution in [1.82, 2.24) is 5.32 Å². The zero-order valence-corrected chi connectivity index (χ0v) is 9.76. The maximum atomic E-state index is 7.31. The zero-order chi connectivity index (χ0) is 11.5. The largest absolute Gasteiger partial charge is 0.384 e. The lowest BCUT2D eigenvalue weighted by Gasteiger charge is -2.27. The van der Waals surface area contributed by atoms with E-state index in [2.05, 4.69) is 26.1 Å². The Morgan fingerprint density at radius 3 is 2.60 bits per heavy atom.